The number of benzene rings is 1. The molecule has 1 heterocycles. The van der Waals surface area contributed by atoms with Crippen molar-refractivity contribution in [1.82, 2.24) is 10.6 Å². The maximum atomic E-state index is 11.0. The standard InChI is InChI=1S/C13H18N2O2/c1-13(2,3)17-10-6-4-9(5-7-10)11-8-14-12(16)15-11/h4-7,11H,8H2,1-3H3,(H2,14,15,16)/t11-/m1/s1. The fourth-order valence-electron chi connectivity index (χ4n) is 1.78. The second kappa shape index (κ2) is 4.28. The van der Waals surface area contributed by atoms with Crippen molar-refractivity contribution in [3.8, 4) is 5.75 Å². The highest BCUT2D eigenvalue weighted by Crippen LogP contribution is 2.22. The Balaban J connectivity index is 2.05. The van der Waals surface area contributed by atoms with E-state index in [2.05, 4.69) is 10.6 Å². The zero-order valence-corrected chi connectivity index (χ0v) is 10.4. The van der Waals surface area contributed by atoms with Crippen LogP contribution in [0, 0.1) is 0 Å². The molecule has 1 aromatic carbocycles. The molecule has 2 N–H and O–H groups in total. The monoisotopic (exact) mass is 234 g/mol. The third-order valence-corrected chi connectivity index (χ3v) is 2.48. The normalized spacial score (nSPS) is 19.7. The number of urea groups is 1. The van der Waals surface area contributed by atoms with Gasteiger partial charge in [0.25, 0.3) is 0 Å². The molecular formula is C13H18N2O2. The van der Waals surface area contributed by atoms with Gasteiger partial charge in [-0.05, 0) is 38.5 Å². The van der Waals surface area contributed by atoms with Crippen LogP contribution < -0.4 is 15.4 Å². The Morgan fingerprint density at radius 1 is 1.24 bits per heavy atom. The Morgan fingerprint density at radius 2 is 1.88 bits per heavy atom. The van der Waals surface area contributed by atoms with E-state index in [9.17, 15) is 4.79 Å². The minimum absolute atomic E-state index is 0.0613. The molecular weight excluding hydrogens is 216 g/mol. The second-order valence-electron chi connectivity index (χ2n) is 5.19. The predicted octanol–water partition coefficient (Wildman–Crippen LogP) is 2.22. The van der Waals surface area contributed by atoms with Crippen molar-refractivity contribution in [1.29, 1.82) is 0 Å². The van der Waals surface area contributed by atoms with Gasteiger partial charge in [-0.1, -0.05) is 12.1 Å². The van der Waals surface area contributed by atoms with Crippen molar-refractivity contribution in [2.24, 2.45) is 0 Å². The molecule has 4 nitrogen and oxygen atoms in total. The smallest absolute Gasteiger partial charge is 0.315 e. The van der Waals surface area contributed by atoms with Gasteiger partial charge in [0.05, 0.1) is 6.04 Å². The molecule has 0 bridgehead atoms. The highest BCUT2D eigenvalue weighted by Gasteiger charge is 2.21. The van der Waals surface area contributed by atoms with Gasteiger partial charge in [0.1, 0.15) is 11.4 Å². The first-order valence-corrected chi connectivity index (χ1v) is 5.77. The van der Waals surface area contributed by atoms with Crippen LogP contribution in [0.5, 0.6) is 5.75 Å². The number of carbonyl (C=O) groups is 1. The van der Waals surface area contributed by atoms with Gasteiger partial charge in [-0.25, -0.2) is 4.79 Å². The van der Waals surface area contributed by atoms with Crippen LogP contribution in [0.25, 0.3) is 0 Å². The summed E-state index contributed by atoms with van der Waals surface area (Å²) in [6, 6.07) is 7.80. The Bertz CT molecular complexity index is 406. The van der Waals surface area contributed by atoms with Crippen molar-refractivity contribution < 1.29 is 9.53 Å². The quantitative estimate of drug-likeness (QED) is 0.824. The third kappa shape index (κ3) is 3.12. The summed E-state index contributed by atoms with van der Waals surface area (Å²) in [5.41, 5.74) is 0.898. The fourth-order valence-corrected chi connectivity index (χ4v) is 1.78. The lowest BCUT2D eigenvalue weighted by molar-refractivity contribution is 0.131. The van der Waals surface area contributed by atoms with Crippen LogP contribution in [0.15, 0.2) is 24.3 Å². The molecule has 1 fully saturated rings. The van der Waals surface area contributed by atoms with Crippen LogP contribution >= 0.6 is 0 Å². The van der Waals surface area contributed by atoms with E-state index in [-0.39, 0.29) is 17.7 Å². The van der Waals surface area contributed by atoms with Gasteiger partial charge in [-0.2, -0.15) is 0 Å². The molecule has 1 saturated heterocycles. The van der Waals surface area contributed by atoms with E-state index in [1.165, 1.54) is 0 Å². The Labute approximate surface area is 101 Å². The summed E-state index contributed by atoms with van der Waals surface area (Å²) in [6.07, 6.45) is 0. The Morgan fingerprint density at radius 3 is 2.35 bits per heavy atom. The Hall–Kier alpha value is -1.71. The maximum Gasteiger partial charge on any atom is 0.315 e. The molecule has 1 aliphatic heterocycles. The van der Waals surface area contributed by atoms with Crippen molar-refractivity contribution in [2.45, 2.75) is 32.4 Å². The van der Waals surface area contributed by atoms with E-state index in [1.807, 2.05) is 45.0 Å². The van der Waals surface area contributed by atoms with E-state index in [0.29, 0.717) is 6.54 Å². The SMILES string of the molecule is CC(C)(C)Oc1ccc([C@H]2CNC(=O)N2)cc1. The van der Waals surface area contributed by atoms with Gasteiger partial charge in [0.15, 0.2) is 0 Å². The summed E-state index contributed by atoms with van der Waals surface area (Å²) in [4.78, 5) is 11.0. The van der Waals surface area contributed by atoms with E-state index in [0.717, 1.165) is 11.3 Å². The van der Waals surface area contributed by atoms with E-state index in [1.54, 1.807) is 0 Å². The van der Waals surface area contributed by atoms with Gasteiger partial charge in [-0.15, -0.1) is 0 Å². The van der Waals surface area contributed by atoms with Crippen LogP contribution in [0.1, 0.15) is 32.4 Å². The first-order valence-electron chi connectivity index (χ1n) is 5.77. The fraction of sp³-hybridized carbons (Fsp3) is 0.462. The summed E-state index contributed by atoms with van der Waals surface area (Å²) < 4.78 is 5.74. The summed E-state index contributed by atoms with van der Waals surface area (Å²) in [6.45, 7) is 6.68. The van der Waals surface area contributed by atoms with Crippen molar-refractivity contribution in [3.63, 3.8) is 0 Å². The van der Waals surface area contributed by atoms with Crippen LogP contribution in [-0.4, -0.2) is 18.2 Å². The van der Waals surface area contributed by atoms with Crippen LogP contribution in [-0.2, 0) is 0 Å². The van der Waals surface area contributed by atoms with Crippen LogP contribution in [0.4, 0.5) is 4.79 Å². The molecule has 1 aliphatic rings. The molecule has 17 heavy (non-hydrogen) atoms. The van der Waals surface area contributed by atoms with Gasteiger partial charge in [0, 0.05) is 6.54 Å². The molecule has 0 spiro atoms. The largest absolute Gasteiger partial charge is 0.488 e. The first-order chi connectivity index (χ1) is 7.94. The number of carbonyl (C=O) groups excluding carboxylic acids is 1. The second-order valence-corrected chi connectivity index (χ2v) is 5.19. The van der Waals surface area contributed by atoms with Crippen LogP contribution in [0.3, 0.4) is 0 Å². The average Bonchev–Trinajstić information content (AvgIpc) is 2.63. The highest BCUT2D eigenvalue weighted by atomic mass is 16.5. The highest BCUT2D eigenvalue weighted by molar-refractivity contribution is 5.76. The number of ether oxygens (including phenoxy) is 1. The molecule has 0 saturated carbocycles. The molecule has 1 atom stereocenters. The third-order valence-electron chi connectivity index (χ3n) is 2.48. The maximum absolute atomic E-state index is 11.0. The average molecular weight is 234 g/mol. The lowest BCUT2D eigenvalue weighted by Crippen LogP contribution is -2.23. The molecule has 92 valence electrons. The molecule has 4 heteroatoms. The van der Waals surface area contributed by atoms with Gasteiger partial charge in [0.2, 0.25) is 0 Å². The van der Waals surface area contributed by atoms with Gasteiger partial charge in [-0.3, -0.25) is 0 Å². The summed E-state index contributed by atoms with van der Waals surface area (Å²) in [5, 5.41) is 5.59. The molecule has 2 rings (SSSR count). The summed E-state index contributed by atoms with van der Waals surface area (Å²) >= 11 is 0. The van der Waals surface area contributed by atoms with Crippen LogP contribution in [0.2, 0.25) is 0 Å². The van der Waals surface area contributed by atoms with Crippen molar-refractivity contribution in [2.75, 3.05) is 6.54 Å². The van der Waals surface area contributed by atoms with E-state index >= 15 is 0 Å². The Kier molecular flexibility index (Phi) is 2.96. The number of nitrogens with one attached hydrogen (secondary N) is 2. The molecule has 1 aromatic rings. The van der Waals surface area contributed by atoms with E-state index in [4.69, 9.17) is 4.74 Å². The van der Waals surface area contributed by atoms with Gasteiger partial charge < -0.3 is 15.4 Å². The predicted molar refractivity (Wildman–Crippen MR) is 66.1 cm³/mol. The topological polar surface area (TPSA) is 50.4 Å². The lowest BCUT2D eigenvalue weighted by Gasteiger charge is -2.21. The van der Waals surface area contributed by atoms with Gasteiger partial charge >= 0.3 is 6.03 Å². The number of hydrogen-bond donors (Lipinski definition) is 2. The lowest BCUT2D eigenvalue weighted by atomic mass is 10.1. The molecule has 0 unspecified atom stereocenters. The minimum atomic E-state index is -0.190. The zero-order chi connectivity index (χ0) is 12.5. The van der Waals surface area contributed by atoms with Crippen molar-refractivity contribution >= 4 is 6.03 Å². The number of hydrogen-bond acceptors (Lipinski definition) is 2. The van der Waals surface area contributed by atoms with E-state index < -0.39 is 0 Å². The number of amides is 2. The number of rotatable bonds is 2. The van der Waals surface area contributed by atoms with Crippen molar-refractivity contribution in [3.05, 3.63) is 29.8 Å². The molecule has 0 aliphatic carbocycles. The minimum Gasteiger partial charge on any atom is -0.488 e. The molecule has 2 amide bonds. The zero-order valence-electron chi connectivity index (χ0n) is 10.4. The molecule has 0 aromatic heterocycles. The first kappa shape index (κ1) is 11.8. The summed E-state index contributed by atoms with van der Waals surface area (Å²) in [5.74, 6) is 0.846. The summed E-state index contributed by atoms with van der Waals surface area (Å²) in [7, 11) is 0. The molecule has 0 radical (unpaired) electrons.